The highest BCUT2D eigenvalue weighted by Crippen LogP contribution is 2.16. The van der Waals surface area contributed by atoms with Crippen LogP contribution >= 0.6 is 0 Å². The van der Waals surface area contributed by atoms with Crippen molar-refractivity contribution in [1.82, 2.24) is 0 Å². The zero-order valence-corrected chi connectivity index (χ0v) is 27.9. The first-order valence-corrected chi connectivity index (χ1v) is 18.7. The van der Waals surface area contributed by atoms with Crippen molar-refractivity contribution in [3.63, 3.8) is 0 Å². The summed E-state index contributed by atoms with van der Waals surface area (Å²) in [6.07, 6.45) is 44.6. The molecule has 0 aromatic heterocycles. The lowest BCUT2D eigenvalue weighted by atomic mass is 10.0. The molecule has 0 aliphatic carbocycles. The van der Waals surface area contributed by atoms with Gasteiger partial charge in [-0.3, -0.25) is 0 Å². The fourth-order valence-corrected chi connectivity index (χ4v) is 6.10. The maximum absolute atomic E-state index is 12.7. The Hall–Kier alpha value is -0.0800. The second kappa shape index (κ2) is 32.4. The van der Waals surface area contributed by atoms with Gasteiger partial charge in [0.05, 0.1) is 20.1 Å². The molecule has 2 nitrogen and oxygen atoms in total. The van der Waals surface area contributed by atoms with Crippen molar-refractivity contribution in [3.05, 3.63) is 5.21 Å². The molecule has 0 aromatic rings. The lowest BCUT2D eigenvalue weighted by Gasteiger charge is -2.39. The molecule has 0 bridgehead atoms. The SMILES string of the molecule is CCCCCCCCCCCCCCCCCC[N+](C)([O-])CCCCCCCCCCCCCCCCCC. The van der Waals surface area contributed by atoms with Crippen molar-refractivity contribution in [3.8, 4) is 0 Å². The molecule has 39 heavy (non-hydrogen) atoms. The van der Waals surface area contributed by atoms with Crippen LogP contribution in [0.2, 0.25) is 0 Å². The van der Waals surface area contributed by atoms with E-state index in [9.17, 15) is 5.21 Å². The van der Waals surface area contributed by atoms with Crippen LogP contribution in [0.5, 0.6) is 0 Å². The number of rotatable bonds is 34. The predicted molar refractivity (Wildman–Crippen MR) is 178 cm³/mol. The van der Waals surface area contributed by atoms with Gasteiger partial charge in [-0.05, 0) is 25.7 Å². The van der Waals surface area contributed by atoms with E-state index in [1.165, 1.54) is 193 Å². The van der Waals surface area contributed by atoms with E-state index in [-0.39, 0.29) is 4.65 Å². The summed E-state index contributed by atoms with van der Waals surface area (Å²) in [6, 6.07) is 0. The van der Waals surface area contributed by atoms with Gasteiger partial charge in [0.2, 0.25) is 0 Å². The highest BCUT2D eigenvalue weighted by atomic mass is 16.5. The summed E-state index contributed by atoms with van der Waals surface area (Å²) >= 11 is 0. The van der Waals surface area contributed by atoms with Gasteiger partial charge >= 0.3 is 0 Å². The molecule has 0 unspecified atom stereocenters. The van der Waals surface area contributed by atoms with Gasteiger partial charge < -0.3 is 9.85 Å². The Morgan fingerprint density at radius 3 is 0.615 bits per heavy atom. The van der Waals surface area contributed by atoms with Crippen LogP contribution < -0.4 is 0 Å². The molecular formula is C37H77NO. The summed E-state index contributed by atoms with van der Waals surface area (Å²) in [6.45, 7) is 6.25. The van der Waals surface area contributed by atoms with E-state index in [1.807, 2.05) is 7.05 Å². The van der Waals surface area contributed by atoms with Crippen molar-refractivity contribution in [1.29, 1.82) is 0 Å². The quantitative estimate of drug-likeness (QED) is 0.0443. The topological polar surface area (TPSA) is 23.1 Å². The monoisotopic (exact) mass is 552 g/mol. The van der Waals surface area contributed by atoms with Crippen LogP contribution in [0, 0.1) is 5.21 Å². The molecule has 0 amide bonds. The normalized spacial score (nSPS) is 12.0. The highest BCUT2D eigenvalue weighted by Gasteiger charge is 2.09. The molecule has 2 heteroatoms. The first-order chi connectivity index (χ1) is 19.1. The van der Waals surface area contributed by atoms with Crippen molar-refractivity contribution in [2.45, 2.75) is 219 Å². The Morgan fingerprint density at radius 2 is 0.436 bits per heavy atom. The zero-order chi connectivity index (χ0) is 28.5. The number of hydrogen-bond donors (Lipinski definition) is 0. The number of unbranched alkanes of at least 4 members (excludes halogenated alkanes) is 30. The van der Waals surface area contributed by atoms with Gasteiger partial charge in [0.25, 0.3) is 0 Å². The van der Waals surface area contributed by atoms with Crippen LogP contribution in [0.4, 0.5) is 0 Å². The molecule has 0 heterocycles. The molecule has 0 aromatic carbocycles. The number of hydrogen-bond acceptors (Lipinski definition) is 1. The molecule has 0 spiro atoms. The van der Waals surface area contributed by atoms with Crippen molar-refractivity contribution in [2.75, 3.05) is 20.1 Å². The molecule has 0 radical (unpaired) electrons. The fraction of sp³-hybridized carbons (Fsp3) is 1.00. The first kappa shape index (κ1) is 38.9. The summed E-state index contributed by atoms with van der Waals surface area (Å²) < 4.78 is -0.00277. The molecule has 0 aliphatic rings. The van der Waals surface area contributed by atoms with E-state index in [1.54, 1.807) is 0 Å². The van der Waals surface area contributed by atoms with E-state index in [0.29, 0.717) is 0 Å². The highest BCUT2D eigenvalue weighted by molar-refractivity contribution is 4.52. The second-order valence-electron chi connectivity index (χ2n) is 13.4. The van der Waals surface area contributed by atoms with Crippen LogP contribution in [0.15, 0.2) is 0 Å². The Morgan fingerprint density at radius 1 is 0.282 bits per heavy atom. The lowest BCUT2D eigenvalue weighted by molar-refractivity contribution is -0.861. The minimum Gasteiger partial charge on any atom is -0.633 e. The molecule has 0 saturated carbocycles. The Kier molecular flexibility index (Phi) is 32.4. The summed E-state index contributed by atoms with van der Waals surface area (Å²) in [5, 5.41) is 12.7. The van der Waals surface area contributed by atoms with Gasteiger partial charge in [0.1, 0.15) is 0 Å². The van der Waals surface area contributed by atoms with E-state index in [0.717, 1.165) is 25.9 Å². The van der Waals surface area contributed by atoms with Gasteiger partial charge in [-0.1, -0.05) is 194 Å². The van der Waals surface area contributed by atoms with Crippen LogP contribution in [0.3, 0.4) is 0 Å². The van der Waals surface area contributed by atoms with Crippen LogP contribution in [0.1, 0.15) is 219 Å². The van der Waals surface area contributed by atoms with Crippen LogP contribution in [-0.4, -0.2) is 24.8 Å². The van der Waals surface area contributed by atoms with Gasteiger partial charge in [0.15, 0.2) is 0 Å². The van der Waals surface area contributed by atoms with Crippen LogP contribution in [-0.2, 0) is 0 Å². The minimum absolute atomic E-state index is 0.00277. The minimum atomic E-state index is -0.00277. The molecule has 0 rings (SSSR count). The predicted octanol–water partition coefficient (Wildman–Crippen LogP) is 13.5. The van der Waals surface area contributed by atoms with E-state index >= 15 is 0 Å². The smallest absolute Gasteiger partial charge is 0.0781 e. The largest absolute Gasteiger partial charge is 0.633 e. The summed E-state index contributed by atoms with van der Waals surface area (Å²) in [5.41, 5.74) is 0. The number of hydroxylamine groups is 3. The molecular weight excluding hydrogens is 474 g/mol. The standard InChI is InChI=1S/C37H77NO/c1-4-6-8-10-12-14-16-18-20-22-24-26-28-30-32-34-36-38(3,39)37-35-33-31-29-27-25-23-21-19-17-15-13-11-9-7-5-2/h4-37H2,1-3H3. The Bertz CT molecular complexity index is 397. The summed E-state index contributed by atoms with van der Waals surface area (Å²) in [5.74, 6) is 0. The molecule has 0 fully saturated rings. The maximum Gasteiger partial charge on any atom is 0.0781 e. The van der Waals surface area contributed by atoms with Gasteiger partial charge in [-0.15, -0.1) is 0 Å². The van der Waals surface area contributed by atoms with E-state index in [4.69, 9.17) is 0 Å². The third-order valence-corrected chi connectivity index (χ3v) is 8.97. The first-order valence-electron chi connectivity index (χ1n) is 18.7. The average molecular weight is 552 g/mol. The third-order valence-electron chi connectivity index (χ3n) is 8.97. The van der Waals surface area contributed by atoms with Crippen LogP contribution in [0.25, 0.3) is 0 Å². The molecule has 0 aliphatic heterocycles. The molecule has 0 atom stereocenters. The maximum atomic E-state index is 12.7. The molecule has 236 valence electrons. The van der Waals surface area contributed by atoms with Gasteiger partial charge in [-0.2, -0.15) is 0 Å². The fourth-order valence-electron chi connectivity index (χ4n) is 6.10. The second-order valence-corrected chi connectivity index (χ2v) is 13.4. The zero-order valence-electron chi connectivity index (χ0n) is 27.9. The Balaban J connectivity index is 3.26. The summed E-state index contributed by atoms with van der Waals surface area (Å²) in [7, 11) is 1.91. The van der Waals surface area contributed by atoms with Crippen molar-refractivity contribution >= 4 is 0 Å². The Labute approximate surface area is 249 Å². The lowest BCUT2D eigenvalue weighted by Crippen LogP contribution is -2.39. The van der Waals surface area contributed by atoms with Crippen molar-refractivity contribution in [2.24, 2.45) is 0 Å². The summed E-state index contributed by atoms with van der Waals surface area (Å²) in [4.78, 5) is 0. The average Bonchev–Trinajstić information content (AvgIpc) is 2.92. The van der Waals surface area contributed by atoms with E-state index in [2.05, 4.69) is 13.8 Å². The number of nitrogens with zero attached hydrogens (tertiary/aromatic N) is 1. The van der Waals surface area contributed by atoms with Gasteiger partial charge in [0, 0.05) is 0 Å². The molecule has 0 saturated heterocycles. The van der Waals surface area contributed by atoms with Gasteiger partial charge in [-0.25, -0.2) is 0 Å². The number of quaternary nitrogens is 1. The van der Waals surface area contributed by atoms with E-state index < -0.39 is 0 Å². The third kappa shape index (κ3) is 34.0. The molecule has 0 N–H and O–H groups in total. The van der Waals surface area contributed by atoms with Crippen molar-refractivity contribution < 1.29 is 4.65 Å².